The maximum Gasteiger partial charge on any atom is 0.331 e. The Morgan fingerprint density at radius 1 is 0.820 bits per heavy atom. The van der Waals surface area contributed by atoms with Crippen LogP contribution in [0.5, 0.6) is 0 Å². The number of rotatable bonds is 7. The minimum Gasteiger partial charge on any atom is -0.458 e. The van der Waals surface area contributed by atoms with Gasteiger partial charge >= 0.3 is 5.97 Å². The van der Waals surface area contributed by atoms with Crippen LogP contribution in [0.3, 0.4) is 0 Å². The van der Waals surface area contributed by atoms with E-state index in [1.807, 2.05) is 0 Å². The van der Waals surface area contributed by atoms with Crippen LogP contribution in [0, 0.1) is 28.6 Å². The summed E-state index contributed by atoms with van der Waals surface area (Å²) in [6, 6.07) is 0. The molecule has 9 N–H and O–H groups in total. The number of carbonyl (C=O) groups excluding carboxylic acids is 1. The van der Waals surface area contributed by atoms with Crippen molar-refractivity contribution in [3.8, 4) is 0 Å². The Labute approximate surface area is 290 Å². The number of esters is 1. The summed E-state index contributed by atoms with van der Waals surface area (Å²) < 4.78 is 28.5. The number of ether oxygens (including phenoxy) is 5. The fourth-order valence-electron chi connectivity index (χ4n) is 11.4. The number of hydrogen-bond donors (Lipinski definition) is 9. The minimum atomic E-state index is -1.71. The Bertz CT molecular complexity index is 1310. The summed E-state index contributed by atoms with van der Waals surface area (Å²) in [4.78, 5) is 11.9. The molecule has 18 atom stereocenters. The molecule has 284 valence electrons. The van der Waals surface area contributed by atoms with E-state index in [-0.39, 0.29) is 43.4 Å². The zero-order chi connectivity index (χ0) is 36.0. The van der Waals surface area contributed by atoms with Crippen LogP contribution in [0.25, 0.3) is 0 Å². The van der Waals surface area contributed by atoms with E-state index < -0.39 is 96.2 Å². The summed E-state index contributed by atoms with van der Waals surface area (Å²) in [6.45, 7) is 3.03. The highest BCUT2D eigenvalue weighted by atomic mass is 16.7. The van der Waals surface area contributed by atoms with Gasteiger partial charge in [-0.2, -0.15) is 0 Å². The molecule has 4 aliphatic carbocycles. The number of cyclic esters (lactones) is 1. The molecule has 0 radical (unpaired) electrons. The van der Waals surface area contributed by atoms with Gasteiger partial charge in [0.05, 0.1) is 36.6 Å². The molecule has 7 rings (SSSR count). The summed E-state index contributed by atoms with van der Waals surface area (Å²) in [5.74, 6) is -0.602. The summed E-state index contributed by atoms with van der Waals surface area (Å²) in [6.07, 6.45) is -8.77. The quantitative estimate of drug-likeness (QED) is 0.106. The molecular formula is C35H54O15. The third-order valence-electron chi connectivity index (χ3n) is 14.3. The first-order valence-electron chi connectivity index (χ1n) is 18.2. The van der Waals surface area contributed by atoms with Crippen molar-refractivity contribution in [2.75, 3.05) is 19.8 Å². The Kier molecular flexibility index (Phi) is 9.79. The van der Waals surface area contributed by atoms with Crippen LogP contribution in [0.15, 0.2) is 11.6 Å². The fourth-order valence-corrected chi connectivity index (χ4v) is 11.4. The molecule has 15 nitrogen and oxygen atoms in total. The first kappa shape index (κ1) is 37.0. The van der Waals surface area contributed by atoms with Crippen LogP contribution in [0.2, 0.25) is 0 Å². The summed E-state index contributed by atoms with van der Waals surface area (Å²) in [5.41, 5.74) is -2.74. The van der Waals surface area contributed by atoms with Gasteiger partial charge in [0.15, 0.2) is 12.6 Å². The van der Waals surface area contributed by atoms with Gasteiger partial charge in [-0.3, -0.25) is 0 Å². The maximum absolute atomic E-state index is 12.5. The summed E-state index contributed by atoms with van der Waals surface area (Å²) in [7, 11) is 0. The van der Waals surface area contributed by atoms with Gasteiger partial charge in [-0.15, -0.1) is 0 Å². The van der Waals surface area contributed by atoms with E-state index in [4.69, 9.17) is 23.7 Å². The molecule has 7 aliphatic rings. The van der Waals surface area contributed by atoms with Crippen molar-refractivity contribution in [3.63, 3.8) is 0 Å². The zero-order valence-corrected chi connectivity index (χ0v) is 28.6. The van der Waals surface area contributed by atoms with Gasteiger partial charge in [0.2, 0.25) is 0 Å². The number of aliphatic hydroxyl groups is 9. The van der Waals surface area contributed by atoms with Gasteiger partial charge < -0.3 is 69.6 Å². The highest BCUT2D eigenvalue weighted by molar-refractivity contribution is 5.85. The van der Waals surface area contributed by atoms with E-state index in [1.54, 1.807) is 13.0 Å². The number of aliphatic hydroxyl groups excluding tert-OH is 7. The molecule has 0 aromatic carbocycles. The van der Waals surface area contributed by atoms with Crippen LogP contribution in [-0.4, -0.2) is 150 Å². The van der Waals surface area contributed by atoms with Crippen molar-refractivity contribution in [1.29, 1.82) is 0 Å². The zero-order valence-electron chi connectivity index (χ0n) is 28.6. The van der Waals surface area contributed by atoms with E-state index in [1.165, 1.54) is 0 Å². The SMILES string of the molecule is C[C@H]1O[C@@H](O[C@H]2CC[C@]3(CO)C4CC[C@]5(C)C(C6=CC(=O)OC6)CC[C@]5(O)C4CC[C@]3(O)C2)[C@H](O)[C@H](O)[C@@H]1O[C@@H]1O[C@H](CO)[C@@H](O)[C@H](O)[C@H]1O. The lowest BCUT2D eigenvalue weighted by Gasteiger charge is -2.66. The smallest absolute Gasteiger partial charge is 0.331 e. The van der Waals surface area contributed by atoms with E-state index in [0.29, 0.717) is 44.9 Å². The Morgan fingerprint density at radius 2 is 1.52 bits per heavy atom. The second-order valence-electron chi connectivity index (χ2n) is 16.4. The molecule has 0 aromatic rings. The highest BCUT2D eigenvalue weighted by Gasteiger charge is 2.71. The Morgan fingerprint density at radius 3 is 2.20 bits per heavy atom. The van der Waals surface area contributed by atoms with Crippen LogP contribution in [-0.2, 0) is 28.5 Å². The molecule has 4 saturated carbocycles. The number of fused-ring (bicyclic) bond motifs is 5. The van der Waals surface area contributed by atoms with E-state index in [9.17, 15) is 50.8 Å². The van der Waals surface area contributed by atoms with Crippen molar-refractivity contribution in [2.45, 2.75) is 150 Å². The standard InChI is InChI=1S/C35H54O15/c1-16-29(50-31-27(42)25(40)24(39)22(13-36)49-31)26(41)28(43)30(47-16)48-18-3-8-33(15-37)20-4-7-32(2)19(17-11-23(38)46-14-17)6-10-35(32,45)21(20)5-9-34(33,44)12-18/h11,16,18-22,24-31,36-37,39-45H,3-10,12-15H2,1-2H3/t16-,18+,19?,20?,21?,22-,24-,25+,26+,27-,28-,29-,30+,31+,32-,33+,34+,35+/m1/s1. The highest BCUT2D eigenvalue weighted by Crippen LogP contribution is 2.70. The molecule has 2 saturated heterocycles. The van der Waals surface area contributed by atoms with Gasteiger partial charge in [-0.05, 0) is 81.6 Å². The van der Waals surface area contributed by atoms with Crippen LogP contribution < -0.4 is 0 Å². The summed E-state index contributed by atoms with van der Waals surface area (Å²) >= 11 is 0. The molecule has 6 fully saturated rings. The molecule has 0 amide bonds. The number of hydrogen-bond acceptors (Lipinski definition) is 15. The fraction of sp³-hybridized carbons (Fsp3) is 0.914. The lowest BCUT2D eigenvalue weighted by Crippen LogP contribution is -2.69. The molecule has 3 unspecified atom stereocenters. The van der Waals surface area contributed by atoms with Gasteiger partial charge in [-0.25, -0.2) is 4.79 Å². The average molecular weight is 715 g/mol. The van der Waals surface area contributed by atoms with Gasteiger partial charge in [0.1, 0.15) is 49.3 Å². The van der Waals surface area contributed by atoms with Crippen LogP contribution >= 0.6 is 0 Å². The van der Waals surface area contributed by atoms with Crippen LogP contribution in [0.4, 0.5) is 0 Å². The molecule has 50 heavy (non-hydrogen) atoms. The second kappa shape index (κ2) is 13.2. The Hall–Kier alpha value is -1.31. The molecular weight excluding hydrogens is 660 g/mol. The number of carbonyl (C=O) groups is 1. The first-order valence-corrected chi connectivity index (χ1v) is 18.2. The third-order valence-corrected chi connectivity index (χ3v) is 14.3. The summed E-state index contributed by atoms with van der Waals surface area (Å²) in [5, 5.41) is 98.2. The molecule has 3 aliphatic heterocycles. The maximum atomic E-state index is 12.5. The van der Waals surface area contributed by atoms with E-state index in [0.717, 1.165) is 12.0 Å². The van der Waals surface area contributed by atoms with Gasteiger partial charge in [0, 0.05) is 23.3 Å². The van der Waals surface area contributed by atoms with E-state index in [2.05, 4.69) is 6.92 Å². The molecule has 0 aromatic heterocycles. The molecule has 15 heteroatoms. The van der Waals surface area contributed by atoms with Crippen molar-refractivity contribution >= 4 is 5.97 Å². The van der Waals surface area contributed by atoms with Gasteiger partial charge in [-0.1, -0.05) is 6.92 Å². The lowest BCUT2D eigenvalue weighted by atomic mass is 9.41. The third kappa shape index (κ3) is 5.45. The average Bonchev–Trinajstić information content (AvgIpc) is 3.64. The van der Waals surface area contributed by atoms with Crippen molar-refractivity contribution in [1.82, 2.24) is 0 Å². The predicted molar refractivity (Wildman–Crippen MR) is 168 cm³/mol. The van der Waals surface area contributed by atoms with Crippen molar-refractivity contribution in [3.05, 3.63) is 11.6 Å². The largest absolute Gasteiger partial charge is 0.458 e. The molecule has 0 bridgehead atoms. The molecule has 0 spiro atoms. The van der Waals surface area contributed by atoms with Crippen LogP contribution in [0.1, 0.15) is 71.6 Å². The minimum absolute atomic E-state index is 0.0248. The van der Waals surface area contributed by atoms with Gasteiger partial charge in [0.25, 0.3) is 0 Å². The normalized spacial score (nSPS) is 55.1. The Balaban J connectivity index is 1.02. The van der Waals surface area contributed by atoms with E-state index >= 15 is 0 Å². The molecule has 3 heterocycles. The monoisotopic (exact) mass is 714 g/mol. The lowest BCUT2D eigenvalue weighted by molar-refractivity contribution is -0.362. The second-order valence-corrected chi connectivity index (χ2v) is 16.4. The first-order chi connectivity index (χ1) is 23.6. The van der Waals surface area contributed by atoms with Crippen molar-refractivity contribution in [2.24, 2.45) is 28.6 Å². The topological polar surface area (TPSA) is 245 Å². The van der Waals surface area contributed by atoms with Crippen molar-refractivity contribution < 1.29 is 74.4 Å². The predicted octanol–water partition coefficient (Wildman–Crippen LogP) is -1.63.